The molecule has 1 saturated heterocycles. The van der Waals surface area contributed by atoms with Crippen LogP contribution < -0.4 is 24.8 Å². The van der Waals surface area contributed by atoms with Crippen LogP contribution in [0.1, 0.15) is 70.8 Å². The predicted octanol–water partition coefficient (Wildman–Crippen LogP) is 5.01. The Morgan fingerprint density at radius 3 is 2.46 bits per heavy atom. The molecule has 1 aromatic carbocycles. The summed E-state index contributed by atoms with van der Waals surface area (Å²) in [6.07, 6.45) is 3.14. The van der Waals surface area contributed by atoms with Gasteiger partial charge in [-0.15, -0.1) is 17.9 Å². The SMILES string of the molecule is C=C[C@@H]1C[C@]1(NC(=O)[C@@H]1C[C@@H](Oc2nc(-c3ccc(OC(C)C)cc3)nc3c2oc2cccnc23)CN1C(=O)[C@@H](Nc1nc(C(=O)OC)cs1)C(C)(C)C)C(=O)NS(=O)(=O)C1CC1. The minimum atomic E-state index is -3.95. The maximum absolute atomic E-state index is 15.0. The van der Waals surface area contributed by atoms with Crippen LogP contribution in [0.25, 0.3) is 33.6 Å². The number of anilines is 1. The number of nitrogens with zero attached hydrogens (tertiary/aromatic N) is 5. The van der Waals surface area contributed by atoms with Crippen LogP contribution in [0.2, 0.25) is 0 Å². The van der Waals surface area contributed by atoms with Gasteiger partial charge in [-0.25, -0.2) is 23.2 Å². The van der Waals surface area contributed by atoms with Gasteiger partial charge in [-0.2, -0.15) is 4.98 Å². The van der Waals surface area contributed by atoms with Crippen molar-refractivity contribution in [3.05, 3.63) is 66.3 Å². The number of esters is 1. The number of ether oxygens (including phenoxy) is 3. The van der Waals surface area contributed by atoms with Crippen LogP contribution in [-0.4, -0.2) is 106 Å². The van der Waals surface area contributed by atoms with Gasteiger partial charge in [0.15, 0.2) is 22.2 Å². The van der Waals surface area contributed by atoms with Crippen molar-refractivity contribution >= 4 is 72.4 Å². The van der Waals surface area contributed by atoms with Gasteiger partial charge >= 0.3 is 5.97 Å². The molecule has 8 rings (SSSR count). The molecule has 1 aliphatic heterocycles. The molecule has 5 atom stereocenters. The first-order valence-electron chi connectivity index (χ1n) is 20.5. The van der Waals surface area contributed by atoms with Crippen molar-refractivity contribution in [3.63, 3.8) is 0 Å². The Labute approximate surface area is 367 Å². The molecule has 0 bridgehead atoms. The summed E-state index contributed by atoms with van der Waals surface area (Å²) in [6.45, 7) is 13.1. The molecule has 4 aromatic heterocycles. The lowest BCUT2D eigenvalue weighted by Gasteiger charge is -2.35. The number of amides is 3. The highest BCUT2D eigenvalue weighted by atomic mass is 32.2. The Hall–Kier alpha value is -6.15. The molecule has 332 valence electrons. The summed E-state index contributed by atoms with van der Waals surface area (Å²) < 4.78 is 51.4. The molecule has 0 unspecified atom stereocenters. The highest BCUT2D eigenvalue weighted by Crippen LogP contribution is 2.46. The second-order valence-electron chi connectivity index (χ2n) is 17.3. The zero-order valence-corrected chi connectivity index (χ0v) is 37.2. The summed E-state index contributed by atoms with van der Waals surface area (Å²) in [5.74, 6) is -2.26. The van der Waals surface area contributed by atoms with E-state index in [-0.39, 0.29) is 47.8 Å². The molecule has 5 aromatic rings. The van der Waals surface area contributed by atoms with Crippen LogP contribution in [0.5, 0.6) is 11.6 Å². The van der Waals surface area contributed by atoms with E-state index in [0.717, 1.165) is 11.3 Å². The number of pyridine rings is 1. The molecule has 18 nitrogen and oxygen atoms in total. The number of furan rings is 1. The minimum absolute atomic E-state index is 0.0318. The van der Waals surface area contributed by atoms with Crippen molar-refractivity contribution in [1.82, 2.24) is 34.9 Å². The van der Waals surface area contributed by atoms with E-state index in [2.05, 4.69) is 31.9 Å². The highest BCUT2D eigenvalue weighted by molar-refractivity contribution is 7.91. The third kappa shape index (κ3) is 8.78. The number of likely N-dealkylation sites (tertiary alicyclic amines) is 1. The number of rotatable bonds is 15. The minimum Gasteiger partial charge on any atom is -0.491 e. The summed E-state index contributed by atoms with van der Waals surface area (Å²) in [7, 11) is -2.71. The maximum Gasteiger partial charge on any atom is 0.357 e. The number of hydrogen-bond donors (Lipinski definition) is 3. The molecule has 5 heterocycles. The van der Waals surface area contributed by atoms with Crippen LogP contribution in [0, 0.1) is 11.3 Å². The van der Waals surface area contributed by atoms with Gasteiger partial charge in [-0.05, 0) is 74.9 Å². The fourth-order valence-electron chi connectivity index (χ4n) is 7.64. The van der Waals surface area contributed by atoms with E-state index < -0.39 is 74.0 Å². The Morgan fingerprint density at radius 1 is 1.06 bits per heavy atom. The molecule has 20 heteroatoms. The number of sulfonamides is 1. The van der Waals surface area contributed by atoms with Crippen molar-refractivity contribution in [1.29, 1.82) is 0 Å². The summed E-state index contributed by atoms with van der Waals surface area (Å²) in [5.41, 5.74) is -0.167. The van der Waals surface area contributed by atoms with E-state index >= 15 is 0 Å². The molecule has 63 heavy (non-hydrogen) atoms. The topological polar surface area (TPSA) is 234 Å². The zero-order valence-electron chi connectivity index (χ0n) is 35.5. The lowest BCUT2D eigenvalue weighted by Crippen LogP contribution is -2.58. The number of carbonyl (C=O) groups is 4. The first kappa shape index (κ1) is 43.5. The van der Waals surface area contributed by atoms with Gasteiger partial charge in [0.25, 0.3) is 11.8 Å². The molecular formula is C43H48N8O10S2. The Morgan fingerprint density at radius 2 is 1.81 bits per heavy atom. The van der Waals surface area contributed by atoms with Gasteiger partial charge in [0.1, 0.15) is 40.5 Å². The van der Waals surface area contributed by atoms with Crippen molar-refractivity contribution in [2.24, 2.45) is 11.3 Å². The first-order chi connectivity index (χ1) is 29.9. The number of methoxy groups -OCH3 is 1. The van der Waals surface area contributed by atoms with Gasteiger partial charge in [0, 0.05) is 29.5 Å². The van der Waals surface area contributed by atoms with Crippen molar-refractivity contribution in [3.8, 4) is 23.0 Å². The fraction of sp³-hybridized carbons (Fsp3) is 0.442. The van der Waals surface area contributed by atoms with Crippen LogP contribution in [0.15, 0.2) is 65.0 Å². The van der Waals surface area contributed by atoms with Gasteiger partial charge in [-0.3, -0.25) is 24.1 Å². The lowest BCUT2D eigenvalue weighted by molar-refractivity contribution is -0.141. The standard InChI is InChI=1S/C43H48N8O10S2/c1-8-24-19-43(24,40(55)50-63(56,57)27-15-16-27)49-36(52)29-18-26(20-51(29)38(53)34(42(4,5)6)47-41-45-28(21-62-41)39(54)58-7)60-37-33-32(31-30(61-33)10-9-17-44-31)46-35(48-37)23-11-13-25(14-12-23)59-22(2)3/h8-14,17,21-22,24,26-27,29,34H,1,15-16,18-20H2,2-7H3,(H,45,47)(H,49,52)(H,50,55)/t24-,26-,29+,34-,43-/m1/s1. The van der Waals surface area contributed by atoms with Crippen LogP contribution >= 0.6 is 11.3 Å². The Bertz CT molecular complexity index is 2730. The number of aromatic nitrogens is 4. The largest absolute Gasteiger partial charge is 0.491 e. The van der Waals surface area contributed by atoms with E-state index in [1.165, 1.54) is 23.5 Å². The molecule has 3 N–H and O–H groups in total. The van der Waals surface area contributed by atoms with Gasteiger partial charge in [0.2, 0.25) is 27.4 Å². The Balaban J connectivity index is 1.14. The van der Waals surface area contributed by atoms with Crippen molar-refractivity contribution in [2.45, 2.75) is 95.4 Å². The molecule has 0 spiro atoms. The number of nitrogens with one attached hydrogen (secondary N) is 3. The molecule has 3 fully saturated rings. The third-order valence-electron chi connectivity index (χ3n) is 11.2. The van der Waals surface area contributed by atoms with E-state index in [9.17, 15) is 27.6 Å². The van der Waals surface area contributed by atoms with Gasteiger partial charge in [-0.1, -0.05) is 26.8 Å². The normalized spacial score (nSPS) is 21.5. The fourth-order valence-corrected chi connectivity index (χ4v) is 9.71. The quantitative estimate of drug-likeness (QED) is 0.0925. The number of benzene rings is 1. The highest BCUT2D eigenvalue weighted by Gasteiger charge is 2.62. The number of thiazole rings is 1. The smallest absolute Gasteiger partial charge is 0.357 e. The summed E-state index contributed by atoms with van der Waals surface area (Å²) in [5, 5.41) is 7.11. The van der Waals surface area contributed by atoms with E-state index in [4.69, 9.17) is 28.6 Å². The average Bonchev–Trinajstić information content (AvgIpc) is 4.07. The second-order valence-corrected chi connectivity index (χ2v) is 20.1. The van der Waals surface area contributed by atoms with Gasteiger partial charge in [0.05, 0.1) is 25.0 Å². The average molecular weight is 901 g/mol. The second kappa shape index (κ2) is 16.5. The first-order valence-corrected chi connectivity index (χ1v) is 22.9. The number of carbonyl (C=O) groups excluding carboxylic acids is 4. The maximum atomic E-state index is 15.0. The zero-order chi connectivity index (χ0) is 45.0. The molecular weight excluding hydrogens is 853 g/mol. The monoisotopic (exact) mass is 900 g/mol. The number of fused-ring (bicyclic) bond motifs is 3. The van der Waals surface area contributed by atoms with E-state index in [1.54, 1.807) is 18.3 Å². The number of hydrogen-bond acceptors (Lipinski definition) is 16. The predicted molar refractivity (Wildman–Crippen MR) is 232 cm³/mol. The van der Waals surface area contributed by atoms with Crippen LogP contribution in [0.4, 0.5) is 5.13 Å². The van der Waals surface area contributed by atoms with Crippen LogP contribution in [-0.2, 0) is 29.1 Å². The van der Waals surface area contributed by atoms with Crippen molar-refractivity contribution < 1.29 is 46.2 Å². The molecule has 3 amide bonds. The van der Waals surface area contributed by atoms with Gasteiger partial charge < -0.3 is 34.2 Å². The molecule has 2 aliphatic carbocycles. The van der Waals surface area contributed by atoms with Crippen LogP contribution in [0.3, 0.4) is 0 Å². The summed E-state index contributed by atoms with van der Waals surface area (Å²) in [6, 6.07) is 8.53. The summed E-state index contributed by atoms with van der Waals surface area (Å²) >= 11 is 1.11. The third-order valence-corrected chi connectivity index (χ3v) is 13.8. The summed E-state index contributed by atoms with van der Waals surface area (Å²) in [4.78, 5) is 75.3. The molecule has 2 saturated carbocycles. The van der Waals surface area contributed by atoms with E-state index in [1.807, 2.05) is 58.9 Å². The molecule has 0 radical (unpaired) electrons. The molecule has 3 aliphatic rings. The lowest BCUT2D eigenvalue weighted by atomic mass is 9.85. The van der Waals surface area contributed by atoms with Crippen molar-refractivity contribution in [2.75, 3.05) is 19.0 Å². The Kier molecular flexibility index (Phi) is 11.4. The van der Waals surface area contributed by atoms with E-state index in [0.29, 0.717) is 46.6 Å².